The summed E-state index contributed by atoms with van der Waals surface area (Å²) in [5.41, 5.74) is -4.18. The zero-order valence-corrected chi connectivity index (χ0v) is 25.2. The van der Waals surface area contributed by atoms with E-state index in [9.17, 15) is 39.5 Å². The third kappa shape index (κ3) is 7.68. The molecule has 0 radical (unpaired) electrons. The Hall–Kier alpha value is -5.01. The summed E-state index contributed by atoms with van der Waals surface area (Å²) in [7, 11) is 0. The van der Waals surface area contributed by atoms with Gasteiger partial charge < -0.3 is 4.74 Å². The molecule has 49 heavy (non-hydrogen) atoms. The molecule has 5 rings (SSSR count). The molecule has 0 N–H and O–H groups in total. The van der Waals surface area contributed by atoms with Crippen molar-refractivity contribution in [1.29, 1.82) is 0 Å². The Morgan fingerprint density at radius 3 is 1.59 bits per heavy atom. The van der Waals surface area contributed by atoms with E-state index in [0.29, 0.717) is 17.7 Å². The Kier molecular flexibility index (Phi) is 9.97. The van der Waals surface area contributed by atoms with Crippen LogP contribution in [0.3, 0.4) is 0 Å². The number of rotatable bonds is 10. The molecule has 1 aromatic heterocycles. The molecule has 0 saturated heterocycles. The zero-order chi connectivity index (χ0) is 35.7. The lowest BCUT2D eigenvalue weighted by molar-refractivity contribution is -0.189. The fraction of sp³-hybridized carbons (Fsp3) is 0.200. The van der Waals surface area contributed by atoms with Crippen molar-refractivity contribution in [3.63, 3.8) is 0 Å². The first-order valence-electron chi connectivity index (χ1n) is 14.6. The van der Waals surface area contributed by atoms with Gasteiger partial charge in [-0.05, 0) is 53.8 Å². The summed E-state index contributed by atoms with van der Waals surface area (Å²) < 4.78 is 160. The average molecular weight is 697 g/mol. The predicted molar refractivity (Wildman–Crippen MR) is 157 cm³/mol. The molecule has 3 nitrogen and oxygen atoms in total. The van der Waals surface area contributed by atoms with Gasteiger partial charge in [-0.15, -0.1) is 0 Å². The topological polar surface area (TPSA) is 35.0 Å². The first kappa shape index (κ1) is 35.3. The number of hydrogen-bond donors (Lipinski definition) is 0. The highest BCUT2D eigenvalue weighted by Gasteiger charge is 2.43. The molecule has 256 valence electrons. The van der Waals surface area contributed by atoms with Crippen LogP contribution in [0, 0.1) is 34.9 Å². The lowest BCUT2D eigenvalue weighted by Crippen LogP contribution is -2.25. The number of nitrogens with zero attached hydrogens (tertiary/aromatic N) is 2. The van der Waals surface area contributed by atoms with Crippen molar-refractivity contribution in [2.45, 2.75) is 44.9 Å². The Labute approximate surface area is 272 Å². The molecule has 14 heteroatoms. The summed E-state index contributed by atoms with van der Waals surface area (Å²) in [5, 5.41) is 0. The first-order valence-corrected chi connectivity index (χ1v) is 14.6. The first-order chi connectivity index (χ1) is 23.1. The lowest BCUT2D eigenvalue weighted by atomic mass is 9.97. The number of alkyl halides is 5. The zero-order valence-electron chi connectivity index (χ0n) is 25.2. The number of ether oxygens (including phenoxy) is 1. The largest absolute Gasteiger partial charge is 0.432 e. The van der Waals surface area contributed by atoms with Gasteiger partial charge >= 0.3 is 12.3 Å². The molecule has 1 heterocycles. The van der Waals surface area contributed by atoms with Crippen LogP contribution in [0.4, 0.5) is 48.3 Å². The van der Waals surface area contributed by atoms with E-state index in [1.165, 1.54) is 18.2 Å². The van der Waals surface area contributed by atoms with Crippen molar-refractivity contribution >= 4 is 0 Å². The van der Waals surface area contributed by atoms with Gasteiger partial charge in [-0.2, -0.15) is 22.0 Å². The van der Waals surface area contributed by atoms with Gasteiger partial charge in [0.15, 0.2) is 5.82 Å². The highest BCUT2D eigenvalue weighted by Crippen LogP contribution is 2.41. The maximum Gasteiger partial charge on any atom is 0.432 e. The smallest absolute Gasteiger partial charge is 0.429 e. The summed E-state index contributed by atoms with van der Waals surface area (Å²) >= 11 is 0. The Bertz CT molecular complexity index is 1950. The lowest BCUT2D eigenvalue weighted by Gasteiger charge is -2.21. The second-order valence-corrected chi connectivity index (χ2v) is 11.0. The molecular weight excluding hydrogens is 673 g/mol. The highest BCUT2D eigenvalue weighted by molar-refractivity contribution is 5.73. The van der Waals surface area contributed by atoms with Gasteiger partial charge in [-0.25, -0.2) is 36.3 Å². The molecule has 0 saturated carbocycles. The predicted octanol–water partition coefficient (Wildman–Crippen LogP) is 11.2. The summed E-state index contributed by atoms with van der Waals surface area (Å²) in [4.78, 5) is 8.57. The molecule has 0 unspecified atom stereocenters. The van der Waals surface area contributed by atoms with Crippen LogP contribution in [-0.4, -0.2) is 9.97 Å². The molecule has 0 aliphatic rings. The molecule has 0 atom stereocenters. The second kappa shape index (κ2) is 13.8. The van der Waals surface area contributed by atoms with Crippen molar-refractivity contribution < 1.29 is 53.0 Å². The van der Waals surface area contributed by atoms with E-state index >= 15 is 8.78 Å². The van der Waals surface area contributed by atoms with Crippen LogP contribution < -0.4 is 4.74 Å². The van der Waals surface area contributed by atoms with Crippen LogP contribution in [-0.2, 0) is 18.7 Å². The van der Waals surface area contributed by atoms with Crippen molar-refractivity contribution in [1.82, 2.24) is 9.97 Å². The van der Waals surface area contributed by atoms with Gasteiger partial charge in [0, 0.05) is 41.2 Å². The van der Waals surface area contributed by atoms with Gasteiger partial charge in [0.1, 0.15) is 51.8 Å². The van der Waals surface area contributed by atoms with E-state index in [1.54, 1.807) is 12.4 Å². The minimum atomic E-state index is -5.51. The SMILES string of the molecule is CCCCCc1cnc(-c2ccc(-c3ccc(-c4cc(F)c(C(F)(F)Oc5cc(F)c(C(F)(F)F)c(F)c5)c(F)c4)c(F)c3)c(F)c2)nc1. The van der Waals surface area contributed by atoms with Crippen LogP contribution in [0.25, 0.3) is 33.6 Å². The van der Waals surface area contributed by atoms with Gasteiger partial charge in [-0.3, -0.25) is 0 Å². The molecule has 0 aliphatic carbocycles. The van der Waals surface area contributed by atoms with E-state index in [1.807, 2.05) is 0 Å². The van der Waals surface area contributed by atoms with E-state index in [-0.39, 0.29) is 29.1 Å². The quantitative estimate of drug-likeness (QED) is 0.108. The second-order valence-electron chi connectivity index (χ2n) is 11.0. The van der Waals surface area contributed by atoms with Gasteiger partial charge in [-0.1, -0.05) is 44.0 Å². The maximum atomic E-state index is 15.2. The molecular formula is C35H23F11N2O. The molecule has 0 aliphatic heterocycles. The number of unbranched alkanes of at least 4 members (excludes halogenated alkanes) is 2. The summed E-state index contributed by atoms with van der Waals surface area (Å²) in [6.07, 6.45) is -3.26. The van der Waals surface area contributed by atoms with Crippen molar-refractivity contribution in [2.24, 2.45) is 0 Å². The average Bonchev–Trinajstić information content (AvgIpc) is 2.99. The monoisotopic (exact) mass is 696 g/mol. The van der Waals surface area contributed by atoms with Gasteiger partial charge in [0.05, 0.1) is 0 Å². The Morgan fingerprint density at radius 2 is 1.06 bits per heavy atom. The third-order valence-electron chi connectivity index (χ3n) is 7.47. The van der Waals surface area contributed by atoms with Crippen molar-refractivity contribution in [3.8, 4) is 39.4 Å². The van der Waals surface area contributed by atoms with Crippen LogP contribution in [0.15, 0.2) is 73.1 Å². The molecule has 0 spiro atoms. The van der Waals surface area contributed by atoms with E-state index in [0.717, 1.165) is 49.4 Å². The van der Waals surface area contributed by atoms with E-state index in [4.69, 9.17) is 0 Å². The number of aryl methyl sites for hydroxylation is 1. The molecule has 0 bridgehead atoms. The normalized spacial score (nSPS) is 12.0. The molecule has 4 aromatic carbocycles. The number of hydrogen-bond acceptors (Lipinski definition) is 3. The fourth-order valence-corrected chi connectivity index (χ4v) is 5.10. The van der Waals surface area contributed by atoms with Crippen LogP contribution in [0.2, 0.25) is 0 Å². The van der Waals surface area contributed by atoms with E-state index < -0.39 is 75.2 Å². The maximum absolute atomic E-state index is 15.2. The number of aromatic nitrogens is 2. The highest BCUT2D eigenvalue weighted by atomic mass is 19.4. The Balaban J connectivity index is 1.37. The molecule has 5 aromatic rings. The van der Waals surface area contributed by atoms with Crippen LogP contribution in [0.1, 0.15) is 42.9 Å². The van der Waals surface area contributed by atoms with E-state index in [2.05, 4.69) is 21.6 Å². The van der Waals surface area contributed by atoms with Gasteiger partial charge in [0.2, 0.25) is 0 Å². The summed E-state index contributed by atoms with van der Waals surface area (Å²) in [6, 6.07) is 7.38. The minimum Gasteiger partial charge on any atom is -0.429 e. The standard InChI is InChI=1S/C35H23F11N2O/c1-2-3-4-5-18-16-47-33(48-17-18)20-7-9-23(26(37)11-20)19-6-8-24(25(36)10-19)21-12-27(38)32(28(39)13-21)35(45,46)49-22-14-29(40)31(30(41)15-22)34(42,43)44/h6-17H,2-5H2,1H3. The van der Waals surface area contributed by atoms with Crippen molar-refractivity contribution in [3.05, 3.63) is 125 Å². The minimum absolute atomic E-state index is 0.0333. The summed E-state index contributed by atoms with van der Waals surface area (Å²) in [5.74, 6) is -11.6. The number of halogens is 11. The third-order valence-corrected chi connectivity index (χ3v) is 7.47. The fourth-order valence-electron chi connectivity index (χ4n) is 5.10. The Morgan fingerprint density at radius 1 is 0.571 bits per heavy atom. The molecule has 0 amide bonds. The van der Waals surface area contributed by atoms with Gasteiger partial charge in [0.25, 0.3) is 0 Å². The summed E-state index contributed by atoms with van der Waals surface area (Å²) in [6.45, 7) is 2.09. The van der Waals surface area contributed by atoms with Crippen molar-refractivity contribution in [2.75, 3.05) is 0 Å². The number of benzene rings is 4. The van der Waals surface area contributed by atoms with Crippen LogP contribution >= 0.6 is 0 Å². The molecule has 0 fully saturated rings. The van der Waals surface area contributed by atoms with Crippen LogP contribution in [0.5, 0.6) is 5.75 Å².